The molecule has 44 heavy (non-hydrogen) atoms. The molecule has 3 atom stereocenters. The van der Waals surface area contributed by atoms with Crippen LogP contribution in [0.4, 0.5) is 0 Å². The van der Waals surface area contributed by atoms with E-state index < -0.39 is 17.9 Å². The third kappa shape index (κ3) is 12.2. The first-order valence-corrected chi connectivity index (χ1v) is 15.3. The van der Waals surface area contributed by atoms with E-state index in [4.69, 9.17) is 17.3 Å². The number of carbonyl (C=O) groups excluding carboxylic acids is 3. The largest absolute Gasteiger partial charge is 0.383 e. The molecule has 0 radical (unpaired) electrons. The number of fused-ring (bicyclic) bond motifs is 1. The van der Waals surface area contributed by atoms with E-state index in [0.29, 0.717) is 32.5 Å². The predicted molar refractivity (Wildman–Crippen MR) is 177 cm³/mol. The molecule has 234 valence electrons. The number of aryl methyl sites for hydroxylation is 3. The number of aliphatic hydroxyl groups excluding tert-OH is 1. The lowest BCUT2D eigenvalue weighted by molar-refractivity contribution is -0.140. The summed E-state index contributed by atoms with van der Waals surface area (Å²) in [6.07, 6.45) is 12.6. The van der Waals surface area contributed by atoms with E-state index in [1.807, 2.05) is 61.5 Å². The van der Waals surface area contributed by atoms with Crippen LogP contribution in [0.3, 0.4) is 0 Å². The Hall–Kier alpha value is -4.12. The van der Waals surface area contributed by atoms with Gasteiger partial charge in [0.1, 0.15) is 6.10 Å². The molecule has 0 bridgehead atoms. The first kappa shape index (κ1) is 36.1. The normalized spacial score (nSPS) is 15.8. The summed E-state index contributed by atoms with van der Waals surface area (Å²) in [4.78, 5) is 35.3. The molecule has 1 unspecified atom stereocenters. The van der Waals surface area contributed by atoms with Crippen molar-refractivity contribution in [3.05, 3.63) is 107 Å². The van der Waals surface area contributed by atoms with Crippen LogP contribution < -0.4 is 11.1 Å². The van der Waals surface area contributed by atoms with E-state index >= 15 is 0 Å². The third-order valence-electron chi connectivity index (χ3n) is 7.61. The van der Waals surface area contributed by atoms with E-state index in [0.717, 1.165) is 12.0 Å². The van der Waals surface area contributed by atoms with E-state index in [9.17, 15) is 19.5 Å². The summed E-state index contributed by atoms with van der Waals surface area (Å²) >= 11 is 5.97. The first-order valence-electron chi connectivity index (χ1n) is 14.8. The zero-order valence-electron chi connectivity index (χ0n) is 25.4. The number of halogens is 1. The Balaban J connectivity index is 0.000000253. The van der Waals surface area contributed by atoms with Crippen molar-refractivity contribution >= 4 is 29.8 Å². The molecule has 8 heteroatoms. The van der Waals surface area contributed by atoms with E-state index in [2.05, 4.69) is 42.4 Å². The van der Waals surface area contributed by atoms with Crippen molar-refractivity contribution in [1.82, 2.24) is 10.2 Å². The van der Waals surface area contributed by atoms with Crippen molar-refractivity contribution in [3.8, 4) is 12.8 Å². The molecule has 1 saturated heterocycles. The Kier molecular flexibility index (Phi) is 16.4. The number of aliphatic hydroxyl groups is 1. The second-order valence-electron chi connectivity index (χ2n) is 10.8. The molecule has 0 saturated carbocycles. The van der Waals surface area contributed by atoms with Crippen LogP contribution in [0, 0.1) is 25.7 Å². The third-order valence-corrected chi connectivity index (χ3v) is 7.97. The highest BCUT2D eigenvalue weighted by Gasteiger charge is 2.31. The van der Waals surface area contributed by atoms with Crippen molar-refractivity contribution < 1.29 is 19.5 Å². The van der Waals surface area contributed by atoms with Crippen LogP contribution in [0.2, 0.25) is 0 Å². The molecule has 2 aliphatic rings. The predicted octanol–water partition coefficient (Wildman–Crippen LogP) is 4.59. The van der Waals surface area contributed by atoms with Crippen LogP contribution in [0.15, 0.2) is 78.9 Å². The molecule has 3 amide bonds. The van der Waals surface area contributed by atoms with Gasteiger partial charge in [-0.2, -0.15) is 0 Å². The van der Waals surface area contributed by atoms with Crippen LogP contribution in [0.1, 0.15) is 47.1 Å². The number of alkyl halides is 1. The van der Waals surface area contributed by atoms with Crippen LogP contribution in [-0.4, -0.2) is 52.8 Å². The number of hydrogen-bond donors (Lipinski definition) is 3. The summed E-state index contributed by atoms with van der Waals surface area (Å²) in [5.74, 6) is -1.45. The number of likely N-dealkylation sites (tertiary alicyclic amines) is 1. The van der Waals surface area contributed by atoms with Gasteiger partial charge in [0.25, 0.3) is 5.91 Å². The van der Waals surface area contributed by atoms with Gasteiger partial charge < -0.3 is 21.1 Å². The maximum Gasteiger partial charge on any atom is 0.251 e. The Morgan fingerprint density at radius 2 is 1.61 bits per heavy atom. The highest BCUT2D eigenvalue weighted by molar-refractivity contribution is 6.21. The lowest BCUT2D eigenvalue weighted by Gasteiger charge is -2.22. The molecule has 0 aromatic heterocycles. The average Bonchev–Trinajstić information content (AvgIpc) is 3.71. The summed E-state index contributed by atoms with van der Waals surface area (Å²) in [5.41, 5.74) is 11.9. The highest BCUT2D eigenvalue weighted by atomic mass is 35.5. The quantitative estimate of drug-likeness (QED) is 0.185. The fraction of sp³-hybridized carbons (Fsp3) is 0.361. The minimum atomic E-state index is -1.22. The number of hydrogen-bond acceptors (Lipinski definition) is 4. The maximum absolute atomic E-state index is 12.2. The fourth-order valence-corrected chi connectivity index (χ4v) is 5.44. The van der Waals surface area contributed by atoms with Gasteiger partial charge in [0.2, 0.25) is 12.3 Å². The van der Waals surface area contributed by atoms with Crippen molar-refractivity contribution in [2.75, 3.05) is 13.1 Å². The zero-order chi connectivity index (χ0) is 32.3. The van der Waals surface area contributed by atoms with Gasteiger partial charge in [0.05, 0.1) is 5.38 Å². The number of benzene rings is 3. The highest BCUT2D eigenvalue weighted by Crippen LogP contribution is 2.21. The van der Waals surface area contributed by atoms with E-state index in [-0.39, 0.29) is 17.7 Å². The van der Waals surface area contributed by atoms with Gasteiger partial charge in [-0.25, -0.2) is 0 Å². The Morgan fingerprint density at radius 1 is 1.02 bits per heavy atom. The summed E-state index contributed by atoms with van der Waals surface area (Å²) < 4.78 is 0. The average molecular weight is 618 g/mol. The molecular formula is C36H44ClN3O4. The van der Waals surface area contributed by atoms with Crippen molar-refractivity contribution in [2.45, 2.75) is 63.5 Å². The molecule has 3 aromatic rings. The van der Waals surface area contributed by atoms with Crippen molar-refractivity contribution in [1.29, 1.82) is 0 Å². The number of nitrogens with two attached hydrogens (primary N) is 1. The van der Waals surface area contributed by atoms with Crippen LogP contribution in [0.5, 0.6) is 0 Å². The maximum atomic E-state index is 12.2. The minimum Gasteiger partial charge on any atom is -0.383 e. The molecule has 0 spiro atoms. The van der Waals surface area contributed by atoms with Gasteiger partial charge >= 0.3 is 0 Å². The van der Waals surface area contributed by atoms with Gasteiger partial charge in [0.15, 0.2) is 0 Å². The summed E-state index contributed by atoms with van der Waals surface area (Å²) in [5, 5.41) is 12.7. The van der Waals surface area contributed by atoms with Gasteiger partial charge in [0, 0.05) is 25.6 Å². The molecule has 4 N–H and O–H groups in total. The Labute approximate surface area is 266 Å². The molecule has 1 heterocycles. The number of carbonyl (C=O) groups is 3. The molecular weight excluding hydrogens is 574 g/mol. The molecule has 7 nitrogen and oxygen atoms in total. The SMILES string of the molecule is C#C.Cc1ccccc1CNC=O.NC(=O)[C@H](Cc1ccccc1)CC(O)C(=O)N1CC[C@H](Cl)C1.c1ccc2c(c1)CCC2. The van der Waals surface area contributed by atoms with Crippen LogP contribution in [-0.2, 0) is 40.2 Å². The van der Waals surface area contributed by atoms with Gasteiger partial charge in [-0.3, -0.25) is 14.4 Å². The minimum absolute atomic E-state index is 0.0342. The molecule has 1 fully saturated rings. The summed E-state index contributed by atoms with van der Waals surface area (Å²) in [7, 11) is 0. The second kappa shape index (κ2) is 20.0. The van der Waals surface area contributed by atoms with E-state index in [1.54, 1.807) is 16.0 Å². The standard InChI is InChI=1S/C16H21ClN2O3.C9H11NO.C9H10.C2H2/c17-13-6-7-19(10-13)16(22)14(20)9-12(15(18)21)8-11-4-2-1-3-5-11;1-8-4-2-3-5-9(8)6-10-7-11;1-2-5-9-7-3-6-8(9)4-1;1-2/h1-5,12-14,20H,6-10H2,(H2,18,21);2-5,7H,6H2,1H3,(H,10,11);1-2,4-5H,3,6-7H2;1-2H/t12-,13+,14?;;;/m1.../s1. The van der Waals surface area contributed by atoms with Crippen molar-refractivity contribution in [3.63, 3.8) is 0 Å². The van der Waals surface area contributed by atoms with Gasteiger partial charge in [-0.15, -0.1) is 24.4 Å². The lowest BCUT2D eigenvalue weighted by atomic mass is 9.92. The van der Waals surface area contributed by atoms with Gasteiger partial charge in [-0.05, 0) is 73.3 Å². The number of terminal acetylenes is 1. The fourth-order valence-electron chi connectivity index (χ4n) is 5.17. The van der Waals surface area contributed by atoms with Crippen LogP contribution >= 0.6 is 11.6 Å². The van der Waals surface area contributed by atoms with E-state index in [1.165, 1.54) is 30.4 Å². The summed E-state index contributed by atoms with van der Waals surface area (Å²) in [6, 6.07) is 26.1. The topological polar surface area (TPSA) is 113 Å². The molecule has 1 aliphatic heterocycles. The monoisotopic (exact) mass is 617 g/mol. The summed E-state index contributed by atoms with van der Waals surface area (Å²) in [6.45, 7) is 3.64. The number of rotatable bonds is 9. The first-order chi connectivity index (χ1) is 21.3. The Morgan fingerprint density at radius 3 is 2.16 bits per heavy atom. The van der Waals surface area contributed by atoms with Crippen LogP contribution in [0.25, 0.3) is 0 Å². The van der Waals surface area contributed by atoms with Crippen molar-refractivity contribution in [2.24, 2.45) is 11.7 Å². The Bertz CT molecular complexity index is 1310. The number of nitrogens with zero attached hydrogens (tertiary/aromatic N) is 1. The second-order valence-corrected chi connectivity index (χ2v) is 11.4. The zero-order valence-corrected chi connectivity index (χ0v) is 26.2. The lowest BCUT2D eigenvalue weighted by Crippen LogP contribution is -2.40. The smallest absolute Gasteiger partial charge is 0.251 e. The van der Waals surface area contributed by atoms with Gasteiger partial charge in [-0.1, -0.05) is 78.9 Å². The molecule has 3 aromatic carbocycles. The number of nitrogens with one attached hydrogen (secondary N) is 1. The molecule has 1 aliphatic carbocycles. The molecule has 5 rings (SSSR count). The number of amides is 3. The number of primary amides is 1.